The number of halogens is 1. The molecule has 1 N–H and O–H groups in total. The number of ether oxygens (including phenoxy) is 1. The normalized spacial score (nSPS) is 10.8. The van der Waals surface area contributed by atoms with Crippen LogP contribution in [-0.4, -0.2) is 11.7 Å². The minimum atomic E-state index is 0.0116. The third-order valence-electron chi connectivity index (χ3n) is 2.84. The molecule has 2 nitrogen and oxygen atoms in total. The van der Waals surface area contributed by atoms with Crippen LogP contribution < -0.4 is 4.74 Å². The molecule has 16 heavy (non-hydrogen) atoms. The minimum absolute atomic E-state index is 0.0116. The van der Waals surface area contributed by atoms with Gasteiger partial charge in [0.25, 0.3) is 0 Å². The lowest BCUT2D eigenvalue weighted by molar-refractivity contribution is 0.225. The van der Waals surface area contributed by atoms with Crippen molar-refractivity contribution in [2.24, 2.45) is 5.92 Å². The lowest BCUT2D eigenvalue weighted by Crippen LogP contribution is -2.11. The van der Waals surface area contributed by atoms with E-state index in [1.54, 1.807) is 0 Å². The van der Waals surface area contributed by atoms with E-state index in [1.165, 1.54) is 0 Å². The predicted molar refractivity (Wildman–Crippen MR) is 69.6 cm³/mol. The highest BCUT2D eigenvalue weighted by molar-refractivity contribution is 9.10. The Balaban J connectivity index is 2.72. The lowest BCUT2D eigenvalue weighted by Gasteiger charge is -2.16. The maximum atomic E-state index is 9.22. The first-order chi connectivity index (χ1) is 7.72. The van der Waals surface area contributed by atoms with Crippen molar-refractivity contribution in [3.8, 4) is 5.75 Å². The molecule has 0 fully saturated rings. The Morgan fingerprint density at radius 2 is 2.00 bits per heavy atom. The molecule has 0 saturated heterocycles. The SMILES string of the molecule is CCC(CC)COc1c(Br)cccc1CO. The average Bonchev–Trinajstić information content (AvgIpc) is 2.31. The Kier molecular flexibility index (Phi) is 5.85. The van der Waals surface area contributed by atoms with Crippen LogP contribution in [0, 0.1) is 5.92 Å². The first-order valence-electron chi connectivity index (χ1n) is 5.73. The van der Waals surface area contributed by atoms with E-state index in [0.29, 0.717) is 12.5 Å². The molecule has 0 aliphatic carbocycles. The Bertz CT molecular complexity index is 322. The summed E-state index contributed by atoms with van der Waals surface area (Å²) in [5.41, 5.74) is 0.834. The van der Waals surface area contributed by atoms with Gasteiger partial charge in [0.2, 0.25) is 0 Å². The first kappa shape index (κ1) is 13.5. The quantitative estimate of drug-likeness (QED) is 0.863. The van der Waals surface area contributed by atoms with Crippen molar-refractivity contribution in [2.45, 2.75) is 33.3 Å². The summed E-state index contributed by atoms with van der Waals surface area (Å²) in [5, 5.41) is 9.22. The molecule has 0 aliphatic heterocycles. The molecule has 0 aromatic heterocycles. The van der Waals surface area contributed by atoms with Crippen molar-refractivity contribution in [3.63, 3.8) is 0 Å². The van der Waals surface area contributed by atoms with Crippen LogP contribution in [-0.2, 0) is 6.61 Å². The standard InChI is InChI=1S/C13H19BrO2/c1-3-10(4-2)9-16-13-11(8-15)6-5-7-12(13)14/h5-7,10,15H,3-4,8-9H2,1-2H3. The van der Waals surface area contributed by atoms with E-state index in [-0.39, 0.29) is 6.61 Å². The zero-order valence-electron chi connectivity index (χ0n) is 9.87. The molecule has 0 spiro atoms. The van der Waals surface area contributed by atoms with Crippen molar-refractivity contribution in [3.05, 3.63) is 28.2 Å². The van der Waals surface area contributed by atoms with E-state index in [1.807, 2.05) is 18.2 Å². The van der Waals surface area contributed by atoms with Crippen LogP contribution in [0.15, 0.2) is 22.7 Å². The zero-order valence-corrected chi connectivity index (χ0v) is 11.5. The number of benzene rings is 1. The third kappa shape index (κ3) is 3.49. The molecule has 90 valence electrons. The van der Waals surface area contributed by atoms with Crippen LogP contribution in [0.2, 0.25) is 0 Å². The van der Waals surface area contributed by atoms with E-state index in [2.05, 4.69) is 29.8 Å². The van der Waals surface area contributed by atoms with Gasteiger partial charge in [-0.2, -0.15) is 0 Å². The van der Waals surface area contributed by atoms with E-state index in [4.69, 9.17) is 4.74 Å². The molecule has 0 unspecified atom stereocenters. The number of aliphatic hydroxyl groups excluding tert-OH is 1. The summed E-state index contributed by atoms with van der Waals surface area (Å²) in [7, 11) is 0. The Labute approximate surface area is 106 Å². The number of hydrogen-bond acceptors (Lipinski definition) is 2. The van der Waals surface area contributed by atoms with Gasteiger partial charge in [-0.15, -0.1) is 0 Å². The largest absolute Gasteiger partial charge is 0.492 e. The molecule has 0 radical (unpaired) electrons. The van der Waals surface area contributed by atoms with E-state index in [9.17, 15) is 5.11 Å². The highest BCUT2D eigenvalue weighted by Crippen LogP contribution is 2.29. The van der Waals surface area contributed by atoms with Crippen LogP contribution >= 0.6 is 15.9 Å². The monoisotopic (exact) mass is 286 g/mol. The fourth-order valence-electron chi connectivity index (χ4n) is 1.57. The zero-order chi connectivity index (χ0) is 12.0. The third-order valence-corrected chi connectivity index (χ3v) is 3.46. The van der Waals surface area contributed by atoms with Crippen LogP contribution in [0.1, 0.15) is 32.3 Å². The summed E-state index contributed by atoms with van der Waals surface area (Å²) < 4.78 is 6.70. The maximum Gasteiger partial charge on any atom is 0.138 e. The highest BCUT2D eigenvalue weighted by atomic mass is 79.9. The van der Waals surface area contributed by atoms with Gasteiger partial charge in [-0.3, -0.25) is 0 Å². The molecular formula is C13H19BrO2. The topological polar surface area (TPSA) is 29.5 Å². The summed E-state index contributed by atoms with van der Waals surface area (Å²) >= 11 is 3.45. The van der Waals surface area contributed by atoms with Gasteiger partial charge in [0.1, 0.15) is 5.75 Å². The fourth-order valence-corrected chi connectivity index (χ4v) is 2.09. The summed E-state index contributed by atoms with van der Waals surface area (Å²) in [6.07, 6.45) is 2.24. The molecule has 0 atom stereocenters. The Morgan fingerprint density at radius 1 is 1.31 bits per heavy atom. The van der Waals surface area contributed by atoms with Crippen LogP contribution in [0.25, 0.3) is 0 Å². The number of hydrogen-bond donors (Lipinski definition) is 1. The molecule has 0 saturated carbocycles. The highest BCUT2D eigenvalue weighted by Gasteiger charge is 2.10. The van der Waals surface area contributed by atoms with Crippen molar-refractivity contribution in [1.82, 2.24) is 0 Å². The van der Waals surface area contributed by atoms with Gasteiger partial charge in [0.15, 0.2) is 0 Å². The van der Waals surface area contributed by atoms with Gasteiger partial charge in [-0.05, 0) is 27.9 Å². The van der Waals surface area contributed by atoms with E-state index < -0.39 is 0 Å². The van der Waals surface area contributed by atoms with Gasteiger partial charge in [-0.25, -0.2) is 0 Å². The molecule has 0 amide bonds. The summed E-state index contributed by atoms with van der Waals surface area (Å²) in [6, 6.07) is 5.72. The van der Waals surface area contributed by atoms with Gasteiger partial charge in [0.05, 0.1) is 17.7 Å². The van der Waals surface area contributed by atoms with Crippen molar-refractivity contribution >= 4 is 15.9 Å². The number of para-hydroxylation sites is 1. The molecule has 0 bridgehead atoms. The molecule has 1 aromatic rings. The Hall–Kier alpha value is -0.540. The second-order valence-electron chi connectivity index (χ2n) is 3.88. The van der Waals surface area contributed by atoms with E-state index >= 15 is 0 Å². The smallest absolute Gasteiger partial charge is 0.138 e. The van der Waals surface area contributed by atoms with E-state index in [0.717, 1.165) is 28.6 Å². The fraction of sp³-hybridized carbons (Fsp3) is 0.538. The molecule has 1 aromatic carbocycles. The van der Waals surface area contributed by atoms with Crippen molar-refractivity contribution in [1.29, 1.82) is 0 Å². The molecule has 1 rings (SSSR count). The summed E-state index contributed by atoms with van der Waals surface area (Å²) in [4.78, 5) is 0. The van der Waals surface area contributed by atoms with Crippen LogP contribution in [0.5, 0.6) is 5.75 Å². The second-order valence-corrected chi connectivity index (χ2v) is 4.73. The van der Waals surface area contributed by atoms with Crippen molar-refractivity contribution in [2.75, 3.05) is 6.61 Å². The minimum Gasteiger partial charge on any atom is -0.492 e. The molecular weight excluding hydrogens is 268 g/mol. The van der Waals surface area contributed by atoms with Gasteiger partial charge in [-0.1, -0.05) is 38.8 Å². The van der Waals surface area contributed by atoms with Gasteiger partial charge >= 0.3 is 0 Å². The number of aliphatic hydroxyl groups is 1. The average molecular weight is 287 g/mol. The second kappa shape index (κ2) is 6.92. The molecule has 3 heteroatoms. The molecule has 0 aliphatic rings. The molecule has 0 heterocycles. The van der Waals surface area contributed by atoms with Gasteiger partial charge < -0.3 is 9.84 Å². The van der Waals surface area contributed by atoms with Crippen LogP contribution in [0.3, 0.4) is 0 Å². The Morgan fingerprint density at radius 3 is 2.56 bits per heavy atom. The van der Waals surface area contributed by atoms with Gasteiger partial charge in [0, 0.05) is 5.56 Å². The maximum absolute atomic E-state index is 9.22. The summed E-state index contributed by atoms with van der Waals surface area (Å²) in [5.74, 6) is 1.36. The summed E-state index contributed by atoms with van der Waals surface area (Å²) in [6.45, 7) is 5.06. The number of rotatable bonds is 6. The van der Waals surface area contributed by atoms with Crippen LogP contribution in [0.4, 0.5) is 0 Å². The lowest BCUT2D eigenvalue weighted by atomic mass is 10.1. The first-order valence-corrected chi connectivity index (χ1v) is 6.53. The predicted octanol–water partition coefficient (Wildman–Crippen LogP) is 3.76. The van der Waals surface area contributed by atoms with Crippen molar-refractivity contribution < 1.29 is 9.84 Å².